The van der Waals surface area contributed by atoms with Crippen LogP contribution in [0.4, 0.5) is 14.5 Å². The molecule has 31 heavy (non-hydrogen) atoms. The van der Waals surface area contributed by atoms with E-state index >= 15 is 0 Å². The third-order valence-corrected chi connectivity index (χ3v) is 5.83. The standard InChI is InChI=1S/C24H17ClF2N2O2/c25-21-11-13(9-10-28-21)22-19-7-8-20(31-19)23(22)24(30)29-14-5-6-16(18(27)12-14)15-3-1-2-4-17(15)26/h1-6,9-12,19-20H,7-8H2,(H,29,30)/t19-,20?/m0/s1. The third kappa shape index (κ3) is 3.62. The Labute approximate surface area is 182 Å². The fourth-order valence-corrected chi connectivity index (χ4v) is 4.45. The first-order valence-corrected chi connectivity index (χ1v) is 10.3. The highest BCUT2D eigenvalue weighted by atomic mass is 35.5. The summed E-state index contributed by atoms with van der Waals surface area (Å²) < 4.78 is 34.7. The van der Waals surface area contributed by atoms with Crippen molar-refractivity contribution in [2.45, 2.75) is 25.0 Å². The van der Waals surface area contributed by atoms with Crippen LogP contribution in [0.15, 0.2) is 66.4 Å². The molecule has 156 valence electrons. The topological polar surface area (TPSA) is 51.2 Å². The van der Waals surface area contributed by atoms with Crippen molar-refractivity contribution >= 4 is 28.8 Å². The number of rotatable bonds is 4. The van der Waals surface area contributed by atoms with E-state index in [-0.39, 0.29) is 34.9 Å². The highest BCUT2D eigenvalue weighted by molar-refractivity contribution is 6.29. The molecule has 2 bridgehead atoms. The number of benzene rings is 2. The van der Waals surface area contributed by atoms with Gasteiger partial charge in [0.1, 0.15) is 16.8 Å². The molecule has 0 aliphatic carbocycles. The van der Waals surface area contributed by atoms with E-state index in [9.17, 15) is 13.6 Å². The SMILES string of the molecule is O=C(Nc1ccc(-c2ccccc2F)c(F)c1)C1=C(c2ccnc(Cl)c2)[C@@H]2CCC1O2. The number of pyridine rings is 1. The molecule has 1 aromatic heterocycles. The number of carbonyl (C=O) groups is 1. The highest BCUT2D eigenvalue weighted by Gasteiger charge is 2.43. The summed E-state index contributed by atoms with van der Waals surface area (Å²) in [4.78, 5) is 17.1. The van der Waals surface area contributed by atoms with Gasteiger partial charge >= 0.3 is 0 Å². The van der Waals surface area contributed by atoms with Gasteiger partial charge in [0.05, 0.1) is 17.8 Å². The van der Waals surface area contributed by atoms with Gasteiger partial charge in [-0.2, -0.15) is 0 Å². The van der Waals surface area contributed by atoms with Crippen molar-refractivity contribution in [3.63, 3.8) is 0 Å². The average Bonchev–Trinajstić information content (AvgIpc) is 3.36. The number of anilines is 1. The Balaban J connectivity index is 1.46. The summed E-state index contributed by atoms with van der Waals surface area (Å²) in [5.74, 6) is -1.49. The lowest BCUT2D eigenvalue weighted by Gasteiger charge is -2.17. The fraction of sp³-hybridized carbons (Fsp3) is 0.167. The van der Waals surface area contributed by atoms with E-state index < -0.39 is 11.6 Å². The maximum Gasteiger partial charge on any atom is 0.254 e. The van der Waals surface area contributed by atoms with Gasteiger partial charge in [-0.1, -0.05) is 29.8 Å². The van der Waals surface area contributed by atoms with Crippen molar-refractivity contribution in [1.82, 2.24) is 4.98 Å². The number of hydrogen-bond donors (Lipinski definition) is 1. The van der Waals surface area contributed by atoms with Gasteiger partial charge < -0.3 is 10.1 Å². The molecule has 1 amide bonds. The minimum Gasteiger partial charge on any atom is -0.365 e. The van der Waals surface area contributed by atoms with E-state index in [2.05, 4.69) is 10.3 Å². The van der Waals surface area contributed by atoms with Crippen molar-refractivity contribution in [1.29, 1.82) is 0 Å². The summed E-state index contributed by atoms with van der Waals surface area (Å²) in [7, 11) is 0. The molecule has 2 aliphatic heterocycles. The minimum absolute atomic E-state index is 0.130. The van der Waals surface area contributed by atoms with Crippen molar-refractivity contribution in [3.05, 3.63) is 88.7 Å². The van der Waals surface area contributed by atoms with E-state index in [1.807, 2.05) is 0 Å². The summed E-state index contributed by atoms with van der Waals surface area (Å²) in [5, 5.41) is 3.09. The van der Waals surface area contributed by atoms with Crippen LogP contribution in [0.1, 0.15) is 18.4 Å². The van der Waals surface area contributed by atoms with Crippen LogP contribution in [-0.2, 0) is 9.53 Å². The molecule has 2 atom stereocenters. The van der Waals surface area contributed by atoms with Crippen LogP contribution in [0.3, 0.4) is 0 Å². The second-order valence-corrected chi connectivity index (χ2v) is 7.90. The molecular formula is C24H17ClF2N2O2. The number of aromatic nitrogens is 1. The molecular weight excluding hydrogens is 422 g/mol. The predicted molar refractivity (Wildman–Crippen MR) is 114 cm³/mol. The minimum atomic E-state index is -0.623. The molecule has 1 N–H and O–H groups in total. The van der Waals surface area contributed by atoms with E-state index in [0.717, 1.165) is 24.0 Å². The monoisotopic (exact) mass is 438 g/mol. The zero-order valence-electron chi connectivity index (χ0n) is 16.2. The summed E-state index contributed by atoms with van der Waals surface area (Å²) >= 11 is 6.03. The first kappa shape index (κ1) is 19.8. The van der Waals surface area contributed by atoms with Gasteiger partial charge in [0, 0.05) is 23.0 Å². The summed E-state index contributed by atoms with van der Waals surface area (Å²) in [6.07, 6.45) is 2.67. The molecule has 2 aromatic carbocycles. The lowest BCUT2D eigenvalue weighted by molar-refractivity contribution is -0.113. The summed E-state index contributed by atoms with van der Waals surface area (Å²) in [6, 6.07) is 13.7. The lowest BCUT2D eigenvalue weighted by atomic mass is 9.87. The van der Waals surface area contributed by atoms with Crippen LogP contribution < -0.4 is 5.32 Å². The summed E-state index contributed by atoms with van der Waals surface area (Å²) in [5.41, 5.74) is 2.69. The Bertz CT molecular complexity index is 1230. The number of halogens is 3. The second-order valence-electron chi connectivity index (χ2n) is 7.51. The van der Waals surface area contributed by atoms with Crippen LogP contribution in [0.25, 0.3) is 16.7 Å². The van der Waals surface area contributed by atoms with Crippen LogP contribution in [0.2, 0.25) is 5.15 Å². The van der Waals surface area contributed by atoms with Crippen LogP contribution in [0, 0.1) is 11.6 Å². The predicted octanol–water partition coefficient (Wildman–Crippen LogP) is 5.63. The Morgan fingerprint density at radius 1 is 1.00 bits per heavy atom. The molecule has 1 unspecified atom stereocenters. The Hall–Kier alpha value is -3.09. The third-order valence-electron chi connectivity index (χ3n) is 5.63. The van der Waals surface area contributed by atoms with Gasteiger partial charge in [0.25, 0.3) is 5.91 Å². The molecule has 1 fully saturated rings. The Morgan fingerprint density at radius 2 is 1.77 bits per heavy atom. The van der Waals surface area contributed by atoms with E-state index in [1.54, 1.807) is 36.5 Å². The first-order chi connectivity index (χ1) is 15.0. The number of fused-ring (bicyclic) bond motifs is 2. The van der Waals surface area contributed by atoms with Gasteiger partial charge in [0.2, 0.25) is 0 Å². The molecule has 0 spiro atoms. The quantitative estimate of drug-likeness (QED) is 0.537. The normalized spacial score (nSPS) is 19.7. The Morgan fingerprint density at radius 3 is 2.55 bits per heavy atom. The average molecular weight is 439 g/mol. The van der Waals surface area contributed by atoms with Crippen molar-refractivity contribution in [3.8, 4) is 11.1 Å². The van der Waals surface area contributed by atoms with Gasteiger partial charge in [-0.25, -0.2) is 13.8 Å². The van der Waals surface area contributed by atoms with Gasteiger partial charge in [-0.05, 0) is 60.4 Å². The second kappa shape index (κ2) is 7.87. The molecule has 7 heteroatoms. The molecule has 0 saturated carbocycles. The van der Waals surface area contributed by atoms with Gasteiger partial charge in [-0.3, -0.25) is 4.79 Å². The number of amides is 1. The smallest absolute Gasteiger partial charge is 0.254 e. The van der Waals surface area contributed by atoms with Crippen molar-refractivity contribution < 1.29 is 18.3 Å². The van der Waals surface area contributed by atoms with Crippen molar-refractivity contribution in [2.75, 3.05) is 5.32 Å². The zero-order valence-corrected chi connectivity index (χ0v) is 17.0. The number of nitrogens with one attached hydrogen (secondary N) is 1. The lowest BCUT2D eigenvalue weighted by Crippen LogP contribution is -2.23. The first-order valence-electron chi connectivity index (χ1n) is 9.88. The van der Waals surface area contributed by atoms with Crippen LogP contribution in [-0.4, -0.2) is 23.1 Å². The molecule has 4 nitrogen and oxygen atoms in total. The van der Waals surface area contributed by atoms with E-state index in [0.29, 0.717) is 10.7 Å². The highest BCUT2D eigenvalue weighted by Crippen LogP contribution is 2.44. The molecule has 3 aromatic rings. The number of carbonyl (C=O) groups excluding carboxylic acids is 1. The summed E-state index contributed by atoms with van der Waals surface area (Å²) in [6.45, 7) is 0. The van der Waals surface area contributed by atoms with Gasteiger partial charge in [0.15, 0.2) is 0 Å². The largest absolute Gasteiger partial charge is 0.365 e. The van der Waals surface area contributed by atoms with E-state index in [4.69, 9.17) is 16.3 Å². The Kier molecular flexibility index (Phi) is 5.04. The van der Waals surface area contributed by atoms with Gasteiger partial charge in [-0.15, -0.1) is 0 Å². The molecule has 0 radical (unpaired) electrons. The molecule has 5 rings (SSSR count). The number of nitrogens with zero attached hydrogens (tertiary/aromatic N) is 1. The number of hydrogen-bond acceptors (Lipinski definition) is 3. The van der Waals surface area contributed by atoms with E-state index in [1.165, 1.54) is 24.3 Å². The number of ether oxygens (including phenoxy) is 1. The maximum absolute atomic E-state index is 14.7. The molecule has 2 aliphatic rings. The van der Waals surface area contributed by atoms with Crippen LogP contribution in [0.5, 0.6) is 0 Å². The maximum atomic E-state index is 14.7. The van der Waals surface area contributed by atoms with Crippen molar-refractivity contribution in [2.24, 2.45) is 0 Å². The molecule has 3 heterocycles. The fourth-order valence-electron chi connectivity index (χ4n) is 4.28. The molecule has 1 saturated heterocycles. The zero-order chi connectivity index (χ0) is 21.5. The van der Waals surface area contributed by atoms with Crippen LogP contribution >= 0.6 is 11.6 Å².